The molecule has 14 heavy (non-hydrogen) atoms. The van der Waals surface area contributed by atoms with Gasteiger partial charge >= 0.3 is 0 Å². The second kappa shape index (κ2) is 3.77. The highest BCUT2D eigenvalue weighted by Gasteiger charge is 2.26. The Labute approximate surface area is 92.2 Å². The summed E-state index contributed by atoms with van der Waals surface area (Å²) >= 11 is 3.46. The molecule has 1 fully saturated rings. The molecular weight excluding hydrogens is 244 g/mol. The highest BCUT2D eigenvalue weighted by molar-refractivity contribution is 9.10. The van der Waals surface area contributed by atoms with Gasteiger partial charge in [-0.1, -0.05) is 0 Å². The maximum absolute atomic E-state index is 5.82. The Bertz CT molecular complexity index is 337. The molecule has 0 spiro atoms. The number of hydrogen-bond acceptors (Lipinski definition) is 3. The summed E-state index contributed by atoms with van der Waals surface area (Å²) in [5, 5.41) is 0. The van der Waals surface area contributed by atoms with Crippen LogP contribution in [0.5, 0.6) is 5.75 Å². The lowest BCUT2D eigenvalue weighted by molar-refractivity contribution is 0.301. The lowest BCUT2D eigenvalue weighted by Crippen LogP contribution is -2.12. The average molecular weight is 257 g/mol. The van der Waals surface area contributed by atoms with Crippen molar-refractivity contribution in [3.63, 3.8) is 0 Å². The van der Waals surface area contributed by atoms with Crippen molar-refractivity contribution in [2.24, 2.45) is 0 Å². The van der Waals surface area contributed by atoms with Crippen LogP contribution in [-0.4, -0.2) is 25.2 Å². The number of anilines is 1. The van der Waals surface area contributed by atoms with E-state index in [9.17, 15) is 0 Å². The smallest absolute Gasteiger partial charge is 0.160 e. The summed E-state index contributed by atoms with van der Waals surface area (Å²) in [6.45, 7) is 0. The first-order valence-electron chi connectivity index (χ1n) is 4.66. The number of aromatic nitrogens is 1. The van der Waals surface area contributed by atoms with Gasteiger partial charge in [-0.15, -0.1) is 0 Å². The number of halogens is 1. The minimum absolute atomic E-state index is 0.410. The Morgan fingerprint density at radius 3 is 2.71 bits per heavy atom. The van der Waals surface area contributed by atoms with Gasteiger partial charge in [0.1, 0.15) is 0 Å². The number of nitrogens with zero attached hydrogens (tertiary/aromatic N) is 2. The SMILES string of the molecule is CN(C)c1cncc(Br)c1OC1CC1. The van der Waals surface area contributed by atoms with Gasteiger partial charge in [-0.2, -0.15) is 0 Å². The third-order valence-corrected chi connectivity index (χ3v) is 2.69. The van der Waals surface area contributed by atoms with Crippen molar-refractivity contribution in [3.8, 4) is 5.75 Å². The quantitative estimate of drug-likeness (QED) is 0.831. The molecule has 0 bridgehead atoms. The third-order valence-electron chi connectivity index (χ3n) is 2.12. The van der Waals surface area contributed by atoms with Crippen molar-refractivity contribution < 1.29 is 4.74 Å². The van der Waals surface area contributed by atoms with Crippen LogP contribution in [0.2, 0.25) is 0 Å². The van der Waals surface area contributed by atoms with Crippen molar-refractivity contribution in [2.75, 3.05) is 19.0 Å². The second-order valence-corrected chi connectivity index (χ2v) is 4.54. The van der Waals surface area contributed by atoms with Gasteiger partial charge in [0.25, 0.3) is 0 Å². The van der Waals surface area contributed by atoms with Crippen molar-refractivity contribution in [1.82, 2.24) is 4.98 Å². The van der Waals surface area contributed by atoms with Gasteiger partial charge in [0.2, 0.25) is 0 Å². The van der Waals surface area contributed by atoms with E-state index in [1.807, 2.05) is 25.2 Å². The van der Waals surface area contributed by atoms with Gasteiger partial charge in [0, 0.05) is 20.3 Å². The first-order chi connectivity index (χ1) is 6.68. The summed E-state index contributed by atoms with van der Waals surface area (Å²) in [7, 11) is 3.98. The van der Waals surface area contributed by atoms with Crippen LogP contribution >= 0.6 is 15.9 Å². The van der Waals surface area contributed by atoms with Crippen LogP contribution in [-0.2, 0) is 0 Å². The van der Waals surface area contributed by atoms with Crippen LogP contribution in [0.4, 0.5) is 5.69 Å². The summed E-state index contributed by atoms with van der Waals surface area (Å²) in [4.78, 5) is 6.13. The lowest BCUT2D eigenvalue weighted by atomic mass is 10.3. The molecule has 76 valence electrons. The Balaban J connectivity index is 2.31. The van der Waals surface area contributed by atoms with Crippen molar-refractivity contribution in [1.29, 1.82) is 0 Å². The van der Waals surface area contributed by atoms with E-state index in [4.69, 9.17) is 4.74 Å². The Hall–Kier alpha value is -0.770. The molecule has 0 aromatic carbocycles. The summed E-state index contributed by atoms with van der Waals surface area (Å²) in [6.07, 6.45) is 6.34. The van der Waals surface area contributed by atoms with Crippen molar-refractivity contribution in [2.45, 2.75) is 18.9 Å². The van der Waals surface area contributed by atoms with E-state index >= 15 is 0 Å². The van der Waals surface area contributed by atoms with Gasteiger partial charge in [0.15, 0.2) is 5.75 Å². The highest BCUT2D eigenvalue weighted by Crippen LogP contribution is 2.38. The molecule has 0 N–H and O–H groups in total. The molecule has 2 rings (SSSR count). The standard InChI is InChI=1S/C10H13BrN2O/c1-13(2)9-6-12-5-8(11)10(9)14-7-3-4-7/h5-7H,3-4H2,1-2H3. The number of rotatable bonds is 3. The minimum Gasteiger partial charge on any atom is -0.487 e. The average Bonchev–Trinajstić information content (AvgIpc) is 2.91. The zero-order valence-electron chi connectivity index (χ0n) is 8.33. The summed E-state index contributed by atoms with van der Waals surface area (Å²) in [5.41, 5.74) is 1.02. The first kappa shape index (κ1) is 9.77. The summed E-state index contributed by atoms with van der Waals surface area (Å²) < 4.78 is 6.75. The molecular formula is C10H13BrN2O. The third kappa shape index (κ3) is 2.00. The first-order valence-corrected chi connectivity index (χ1v) is 5.45. The molecule has 0 radical (unpaired) electrons. The molecule has 0 saturated heterocycles. The lowest BCUT2D eigenvalue weighted by Gasteiger charge is -2.18. The zero-order chi connectivity index (χ0) is 10.1. The molecule has 1 saturated carbocycles. The summed E-state index contributed by atoms with van der Waals surface area (Å²) in [5.74, 6) is 0.910. The van der Waals surface area contributed by atoms with Crippen LogP contribution in [0.25, 0.3) is 0 Å². The highest BCUT2D eigenvalue weighted by atomic mass is 79.9. The predicted octanol–water partition coefficient (Wildman–Crippen LogP) is 2.45. The molecule has 1 aliphatic carbocycles. The van der Waals surface area contributed by atoms with E-state index in [1.165, 1.54) is 12.8 Å². The molecule has 1 aromatic heterocycles. The molecule has 1 heterocycles. The second-order valence-electron chi connectivity index (χ2n) is 3.68. The summed E-state index contributed by atoms with van der Waals surface area (Å²) in [6, 6.07) is 0. The van der Waals surface area contributed by atoms with Gasteiger partial charge < -0.3 is 9.64 Å². The maximum Gasteiger partial charge on any atom is 0.160 e. The van der Waals surface area contributed by atoms with Crippen LogP contribution in [0.1, 0.15) is 12.8 Å². The van der Waals surface area contributed by atoms with E-state index in [0.717, 1.165) is 15.9 Å². The van der Waals surface area contributed by atoms with Gasteiger partial charge in [-0.25, -0.2) is 0 Å². The van der Waals surface area contributed by atoms with E-state index in [-0.39, 0.29) is 0 Å². The minimum atomic E-state index is 0.410. The van der Waals surface area contributed by atoms with Crippen LogP contribution in [0.15, 0.2) is 16.9 Å². The zero-order valence-corrected chi connectivity index (χ0v) is 9.91. The number of hydrogen-bond donors (Lipinski definition) is 0. The van der Waals surface area contributed by atoms with E-state index in [0.29, 0.717) is 6.10 Å². The van der Waals surface area contributed by atoms with Crippen LogP contribution in [0.3, 0.4) is 0 Å². The molecule has 4 heteroatoms. The van der Waals surface area contributed by atoms with Gasteiger partial charge in [-0.05, 0) is 28.8 Å². The normalized spacial score (nSPS) is 15.4. The fourth-order valence-electron chi connectivity index (χ4n) is 1.20. The molecule has 0 atom stereocenters. The number of pyridine rings is 1. The van der Waals surface area contributed by atoms with Crippen LogP contribution < -0.4 is 9.64 Å². The molecule has 0 aliphatic heterocycles. The van der Waals surface area contributed by atoms with E-state index < -0.39 is 0 Å². The topological polar surface area (TPSA) is 25.4 Å². The fourth-order valence-corrected chi connectivity index (χ4v) is 1.62. The number of ether oxygens (including phenoxy) is 1. The van der Waals surface area contributed by atoms with Crippen LogP contribution in [0, 0.1) is 0 Å². The predicted molar refractivity (Wildman–Crippen MR) is 59.9 cm³/mol. The van der Waals surface area contributed by atoms with Crippen molar-refractivity contribution >= 4 is 21.6 Å². The van der Waals surface area contributed by atoms with Gasteiger partial charge in [-0.3, -0.25) is 4.98 Å². The molecule has 1 aliphatic rings. The van der Waals surface area contributed by atoms with Gasteiger partial charge in [0.05, 0.1) is 22.5 Å². The van der Waals surface area contributed by atoms with Crippen molar-refractivity contribution in [3.05, 3.63) is 16.9 Å². The Morgan fingerprint density at radius 2 is 2.14 bits per heavy atom. The maximum atomic E-state index is 5.82. The Morgan fingerprint density at radius 1 is 1.43 bits per heavy atom. The molecule has 0 amide bonds. The Kier molecular flexibility index (Phi) is 2.63. The monoisotopic (exact) mass is 256 g/mol. The molecule has 3 nitrogen and oxygen atoms in total. The molecule has 0 unspecified atom stereocenters. The molecule has 1 aromatic rings. The largest absolute Gasteiger partial charge is 0.487 e. The fraction of sp³-hybridized carbons (Fsp3) is 0.500. The van der Waals surface area contributed by atoms with E-state index in [2.05, 4.69) is 20.9 Å². The van der Waals surface area contributed by atoms with E-state index in [1.54, 1.807) is 6.20 Å².